The molecule has 0 aliphatic heterocycles. The van der Waals surface area contributed by atoms with E-state index in [0.717, 1.165) is 28.5 Å². The van der Waals surface area contributed by atoms with E-state index in [-0.39, 0.29) is 30.1 Å². The van der Waals surface area contributed by atoms with E-state index in [9.17, 15) is 25.2 Å². The highest BCUT2D eigenvalue weighted by Crippen LogP contribution is 2.23. The fourth-order valence-corrected chi connectivity index (χ4v) is 4.12. The van der Waals surface area contributed by atoms with Crippen molar-refractivity contribution in [1.29, 1.82) is 0 Å². The average Bonchev–Trinajstić information content (AvgIpc) is 3.30. The predicted octanol–water partition coefficient (Wildman–Crippen LogP) is 3.26. The van der Waals surface area contributed by atoms with Crippen molar-refractivity contribution in [2.75, 3.05) is 6.54 Å². The number of carbonyl (C=O) groups excluding carboxylic acids is 1. The number of nitrogens with one attached hydrogen (secondary N) is 3. The number of rotatable bonds is 10. The Balaban J connectivity index is 1.32. The van der Waals surface area contributed by atoms with Gasteiger partial charge in [0.25, 0.3) is 5.91 Å². The number of benzene rings is 3. The SMILES string of the molecule is CC(Cc1ccc2[nH]c(C(=O)NCc3ccc(O)cc3)cc2c1)NC[C@H](O)c1ccc(O)c(CO)c1. The number of aromatic nitrogens is 1. The highest BCUT2D eigenvalue weighted by molar-refractivity contribution is 5.98. The zero-order valence-electron chi connectivity index (χ0n) is 20.0. The van der Waals surface area contributed by atoms with E-state index in [0.29, 0.717) is 29.9 Å². The monoisotopic (exact) mass is 489 g/mol. The Morgan fingerprint density at radius 2 is 1.72 bits per heavy atom. The molecule has 4 aromatic rings. The maximum absolute atomic E-state index is 12.6. The van der Waals surface area contributed by atoms with Crippen LogP contribution >= 0.6 is 0 Å². The van der Waals surface area contributed by atoms with Gasteiger partial charge >= 0.3 is 0 Å². The molecule has 1 amide bonds. The Morgan fingerprint density at radius 3 is 2.47 bits per heavy atom. The Hall–Kier alpha value is -3.85. The summed E-state index contributed by atoms with van der Waals surface area (Å²) in [6.07, 6.45) is -0.0404. The molecule has 1 unspecified atom stereocenters. The number of phenolic OH excluding ortho intramolecular Hbond substituents is 1. The maximum Gasteiger partial charge on any atom is 0.267 e. The Morgan fingerprint density at radius 1 is 0.972 bits per heavy atom. The molecule has 0 aliphatic rings. The number of phenols is 2. The molecule has 1 aromatic heterocycles. The van der Waals surface area contributed by atoms with Gasteiger partial charge in [-0.05, 0) is 72.5 Å². The van der Waals surface area contributed by atoms with Crippen LogP contribution in [0.2, 0.25) is 0 Å². The molecule has 0 spiro atoms. The van der Waals surface area contributed by atoms with E-state index in [1.54, 1.807) is 36.4 Å². The molecule has 3 aromatic carbocycles. The first-order chi connectivity index (χ1) is 17.3. The minimum Gasteiger partial charge on any atom is -0.508 e. The lowest BCUT2D eigenvalue weighted by atomic mass is 10.0. The molecule has 0 fully saturated rings. The summed E-state index contributed by atoms with van der Waals surface area (Å²) in [5.74, 6) is -0.0116. The largest absolute Gasteiger partial charge is 0.508 e. The van der Waals surface area contributed by atoms with Gasteiger partial charge in [-0.15, -0.1) is 0 Å². The number of amides is 1. The third kappa shape index (κ3) is 6.23. The van der Waals surface area contributed by atoms with Crippen molar-refractivity contribution < 1.29 is 25.2 Å². The molecule has 36 heavy (non-hydrogen) atoms. The van der Waals surface area contributed by atoms with Crippen molar-refractivity contribution in [2.24, 2.45) is 0 Å². The van der Waals surface area contributed by atoms with Crippen LogP contribution in [0.3, 0.4) is 0 Å². The van der Waals surface area contributed by atoms with Gasteiger partial charge in [0.05, 0.1) is 12.7 Å². The lowest BCUT2D eigenvalue weighted by Crippen LogP contribution is -2.32. The van der Waals surface area contributed by atoms with Crippen LogP contribution in [0.5, 0.6) is 11.5 Å². The quantitative estimate of drug-likeness (QED) is 0.183. The minimum atomic E-state index is -0.770. The second-order valence-electron chi connectivity index (χ2n) is 9.03. The molecule has 0 saturated heterocycles. The summed E-state index contributed by atoms with van der Waals surface area (Å²) in [5, 5.41) is 46.0. The molecular weight excluding hydrogens is 458 g/mol. The lowest BCUT2D eigenvalue weighted by molar-refractivity contribution is 0.0946. The van der Waals surface area contributed by atoms with Gasteiger partial charge in [0.2, 0.25) is 0 Å². The van der Waals surface area contributed by atoms with Gasteiger partial charge in [0.15, 0.2) is 0 Å². The molecule has 2 atom stereocenters. The highest BCUT2D eigenvalue weighted by Gasteiger charge is 2.14. The first-order valence-corrected chi connectivity index (χ1v) is 11.8. The van der Waals surface area contributed by atoms with Crippen LogP contribution in [0.1, 0.15) is 45.8 Å². The second-order valence-corrected chi connectivity index (χ2v) is 9.03. The van der Waals surface area contributed by atoms with Crippen molar-refractivity contribution in [3.63, 3.8) is 0 Å². The molecule has 7 N–H and O–H groups in total. The number of hydrogen-bond donors (Lipinski definition) is 7. The zero-order chi connectivity index (χ0) is 25.7. The zero-order valence-corrected chi connectivity index (χ0v) is 20.0. The lowest BCUT2D eigenvalue weighted by Gasteiger charge is -2.18. The summed E-state index contributed by atoms with van der Waals surface area (Å²) in [5.41, 5.74) is 4.35. The molecule has 0 saturated carbocycles. The van der Waals surface area contributed by atoms with Crippen molar-refractivity contribution in [3.05, 3.63) is 94.7 Å². The number of aliphatic hydroxyl groups is 2. The van der Waals surface area contributed by atoms with Crippen molar-refractivity contribution in [3.8, 4) is 11.5 Å². The summed E-state index contributed by atoms with van der Waals surface area (Å²) in [6.45, 7) is 2.43. The van der Waals surface area contributed by atoms with Gasteiger partial charge < -0.3 is 36.0 Å². The van der Waals surface area contributed by atoms with Crippen LogP contribution in [-0.4, -0.2) is 43.9 Å². The number of hydrogen-bond acceptors (Lipinski definition) is 6. The van der Waals surface area contributed by atoms with E-state index in [1.807, 2.05) is 31.2 Å². The van der Waals surface area contributed by atoms with Gasteiger partial charge in [-0.3, -0.25) is 4.79 Å². The van der Waals surface area contributed by atoms with E-state index < -0.39 is 6.10 Å². The summed E-state index contributed by atoms with van der Waals surface area (Å²) in [7, 11) is 0. The van der Waals surface area contributed by atoms with Crippen LogP contribution in [0.4, 0.5) is 0 Å². The Kier molecular flexibility index (Phi) is 7.90. The number of H-pyrrole nitrogens is 1. The van der Waals surface area contributed by atoms with Gasteiger partial charge in [-0.25, -0.2) is 0 Å². The maximum atomic E-state index is 12.6. The summed E-state index contributed by atoms with van der Waals surface area (Å²) in [6, 6.07) is 19.3. The highest BCUT2D eigenvalue weighted by atomic mass is 16.3. The third-order valence-electron chi connectivity index (χ3n) is 6.18. The van der Waals surface area contributed by atoms with Crippen molar-refractivity contribution in [1.82, 2.24) is 15.6 Å². The van der Waals surface area contributed by atoms with Crippen LogP contribution in [0, 0.1) is 0 Å². The van der Waals surface area contributed by atoms with Crippen LogP contribution in [0.25, 0.3) is 10.9 Å². The van der Waals surface area contributed by atoms with Crippen molar-refractivity contribution in [2.45, 2.75) is 38.6 Å². The molecule has 1 heterocycles. The van der Waals surface area contributed by atoms with Crippen molar-refractivity contribution >= 4 is 16.8 Å². The number of aromatic hydroxyl groups is 2. The Bertz CT molecular complexity index is 1330. The molecule has 8 heteroatoms. The minimum absolute atomic E-state index is 0.00732. The van der Waals surface area contributed by atoms with Crippen LogP contribution in [-0.2, 0) is 19.6 Å². The van der Waals surface area contributed by atoms with Gasteiger partial charge in [0.1, 0.15) is 17.2 Å². The van der Waals surface area contributed by atoms with E-state index in [4.69, 9.17) is 0 Å². The van der Waals surface area contributed by atoms with Crippen LogP contribution in [0.15, 0.2) is 66.7 Å². The third-order valence-corrected chi connectivity index (χ3v) is 6.18. The molecule has 188 valence electrons. The number of aromatic amines is 1. The fourth-order valence-electron chi connectivity index (χ4n) is 4.12. The normalized spacial score (nSPS) is 13.0. The second kappa shape index (κ2) is 11.3. The molecule has 0 bridgehead atoms. The first kappa shape index (κ1) is 25.2. The summed E-state index contributed by atoms with van der Waals surface area (Å²) >= 11 is 0. The molecular formula is C28H31N3O5. The van der Waals surface area contributed by atoms with Gasteiger partial charge in [-0.1, -0.05) is 24.3 Å². The smallest absolute Gasteiger partial charge is 0.267 e. The summed E-state index contributed by atoms with van der Waals surface area (Å²) in [4.78, 5) is 15.7. The van der Waals surface area contributed by atoms with Gasteiger partial charge in [-0.2, -0.15) is 0 Å². The average molecular weight is 490 g/mol. The standard InChI is InChI=1S/C28H31N3O5/c1-17(29-15-27(35)20-5-9-26(34)22(12-20)16-32)10-19-4-8-24-21(11-19)13-25(31-24)28(36)30-14-18-2-6-23(33)7-3-18/h2-9,11-13,17,27,29,31-35H,10,14-16H2,1H3,(H,30,36)/t17?,27-/m0/s1. The van der Waals surface area contributed by atoms with E-state index in [1.165, 1.54) is 6.07 Å². The number of carbonyl (C=O) groups is 1. The topological polar surface area (TPSA) is 138 Å². The molecule has 0 radical (unpaired) electrons. The number of fused-ring (bicyclic) bond motifs is 1. The van der Waals surface area contributed by atoms with E-state index in [2.05, 4.69) is 15.6 Å². The predicted molar refractivity (Wildman–Crippen MR) is 138 cm³/mol. The van der Waals surface area contributed by atoms with Gasteiger partial charge in [0, 0.05) is 35.6 Å². The van der Waals surface area contributed by atoms with E-state index >= 15 is 0 Å². The molecule has 8 nitrogen and oxygen atoms in total. The summed E-state index contributed by atoms with van der Waals surface area (Å²) < 4.78 is 0. The first-order valence-electron chi connectivity index (χ1n) is 11.8. The Labute approximate surface area is 209 Å². The van der Waals surface area contributed by atoms with Crippen LogP contribution < -0.4 is 10.6 Å². The number of aliphatic hydroxyl groups excluding tert-OH is 2. The fraction of sp³-hybridized carbons (Fsp3) is 0.250. The molecule has 0 aliphatic carbocycles. The molecule has 4 rings (SSSR count).